The summed E-state index contributed by atoms with van der Waals surface area (Å²) in [6, 6.07) is 8.27. The average molecular weight is 570 g/mol. The van der Waals surface area contributed by atoms with Crippen LogP contribution in [0.2, 0.25) is 0 Å². The predicted octanol–water partition coefficient (Wildman–Crippen LogP) is 2.69. The number of nitriles is 1. The van der Waals surface area contributed by atoms with E-state index >= 15 is 0 Å². The van der Waals surface area contributed by atoms with E-state index in [0.29, 0.717) is 25.3 Å². The van der Waals surface area contributed by atoms with E-state index in [1.165, 1.54) is 0 Å². The van der Waals surface area contributed by atoms with Crippen LogP contribution in [-0.4, -0.2) is 60.2 Å². The van der Waals surface area contributed by atoms with Gasteiger partial charge in [-0.2, -0.15) is 5.26 Å². The number of alkyl carbamates (subject to hydrolysis) is 1. The van der Waals surface area contributed by atoms with Crippen LogP contribution in [0, 0.1) is 23.2 Å². The third kappa shape index (κ3) is 11.0. The number of hydrogen-bond donors (Lipinski definition) is 4. The molecule has 0 aromatic heterocycles. The highest BCUT2D eigenvalue weighted by atomic mass is 16.6. The smallest absolute Gasteiger partial charge is 0.408 e. The predicted molar refractivity (Wildman–Crippen MR) is 151 cm³/mol. The van der Waals surface area contributed by atoms with Gasteiger partial charge in [0.2, 0.25) is 17.7 Å². The Hall–Kier alpha value is -3.65. The summed E-state index contributed by atoms with van der Waals surface area (Å²) in [5.74, 6) is -1.07. The molecule has 3 rings (SSSR count). The van der Waals surface area contributed by atoms with Gasteiger partial charge in [-0.05, 0) is 64.9 Å². The lowest BCUT2D eigenvalue weighted by Gasteiger charge is -2.31. The number of nitrogens with zero attached hydrogens (tertiary/aromatic N) is 1. The Kier molecular flexibility index (Phi) is 11.5. The van der Waals surface area contributed by atoms with Gasteiger partial charge >= 0.3 is 6.09 Å². The third-order valence-corrected chi connectivity index (χ3v) is 7.13. The molecule has 1 aromatic rings. The lowest BCUT2D eigenvalue weighted by molar-refractivity contribution is -0.135. The number of rotatable bonds is 14. The van der Waals surface area contributed by atoms with Gasteiger partial charge in [0, 0.05) is 12.5 Å². The molecule has 0 unspecified atom stereocenters. The van der Waals surface area contributed by atoms with Crippen molar-refractivity contribution in [2.24, 2.45) is 11.8 Å². The van der Waals surface area contributed by atoms with Crippen molar-refractivity contribution >= 4 is 23.8 Å². The number of nitrogens with one attached hydrogen (secondary N) is 4. The van der Waals surface area contributed by atoms with Crippen molar-refractivity contribution in [1.82, 2.24) is 21.3 Å². The van der Waals surface area contributed by atoms with E-state index in [9.17, 15) is 24.4 Å². The largest absolute Gasteiger partial charge is 0.445 e. The van der Waals surface area contributed by atoms with E-state index in [2.05, 4.69) is 27.3 Å². The molecule has 2 aliphatic rings. The Morgan fingerprint density at radius 1 is 1.07 bits per heavy atom. The summed E-state index contributed by atoms with van der Waals surface area (Å²) in [5.41, 5.74) is 0.185. The highest BCUT2D eigenvalue weighted by molar-refractivity contribution is 5.92. The second-order valence-electron chi connectivity index (χ2n) is 11.9. The molecule has 41 heavy (non-hydrogen) atoms. The second kappa shape index (κ2) is 14.8. The van der Waals surface area contributed by atoms with Gasteiger partial charge in [-0.3, -0.25) is 14.4 Å². The summed E-state index contributed by atoms with van der Waals surface area (Å²) in [5, 5.41) is 20.5. The van der Waals surface area contributed by atoms with E-state index in [-0.39, 0.29) is 24.9 Å². The van der Waals surface area contributed by atoms with Crippen LogP contribution in [0.5, 0.6) is 0 Å². The van der Waals surface area contributed by atoms with Crippen LogP contribution in [-0.2, 0) is 30.5 Å². The van der Waals surface area contributed by atoms with Crippen molar-refractivity contribution in [1.29, 1.82) is 5.26 Å². The maximum Gasteiger partial charge on any atom is 0.408 e. The summed E-state index contributed by atoms with van der Waals surface area (Å²) in [6.07, 6.45) is 2.53. The zero-order chi connectivity index (χ0) is 30.0. The van der Waals surface area contributed by atoms with Crippen LogP contribution < -0.4 is 21.3 Å². The summed E-state index contributed by atoms with van der Waals surface area (Å²) in [7, 11) is 0. The zero-order valence-electron chi connectivity index (χ0n) is 24.4. The number of amides is 4. The van der Waals surface area contributed by atoms with Crippen molar-refractivity contribution in [3.63, 3.8) is 0 Å². The minimum atomic E-state index is -1.15. The summed E-state index contributed by atoms with van der Waals surface area (Å²) >= 11 is 0. The van der Waals surface area contributed by atoms with Crippen molar-refractivity contribution in [3.05, 3.63) is 35.9 Å². The topological polar surface area (TPSA) is 159 Å². The highest BCUT2D eigenvalue weighted by Gasteiger charge is 2.35. The van der Waals surface area contributed by atoms with E-state index < -0.39 is 47.7 Å². The Morgan fingerprint density at radius 3 is 2.37 bits per heavy atom. The van der Waals surface area contributed by atoms with E-state index in [1.807, 2.05) is 51.1 Å². The van der Waals surface area contributed by atoms with E-state index in [4.69, 9.17) is 9.47 Å². The number of hydrogen-bond acceptors (Lipinski definition) is 7. The van der Waals surface area contributed by atoms with Crippen LogP contribution in [0.25, 0.3) is 0 Å². The van der Waals surface area contributed by atoms with Gasteiger partial charge in [0.05, 0.1) is 17.8 Å². The molecule has 1 heterocycles. The molecular weight excluding hydrogens is 526 g/mol. The molecule has 4 amide bonds. The average Bonchev–Trinajstić information content (AvgIpc) is 3.67. The van der Waals surface area contributed by atoms with Gasteiger partial charge in [-0.1, -0.05) is 43.2 Å². The molecule has 11 heteroatoms. The van der Waals surface area contributed by atoms with Gasteiger partial charge < -0.3 is 30.7 Å². The molecule has 5 atom stereocenters. The molecule has 2 fully saturated rings. The Morgan fingerprint density at radius 2 is 1.78 bits per heavy atom. The van der Waals surface area contributed by atoms with Crippen LogP contribution >= 0.6 is 0 Å². The first kappa shape index (κ1) is 31.9. The minimum absolute atomic E-state index is 0.0243. The van der Waals surface area contributed by atoms with Crippen molar-refractivity contribution < 1.29 is 28.7 Å². The fourth-order valence-corrected chi connectivity index (χ4v) is 4.82. The standard InChI is InChI=1S/C30H43N5O6/c1-19(41-30(2,3)4)25(35-29(39)40-18-21-8-6-5-7-9-21)28(38)34-24(13-12-20-10-11-20)27(37)33-23(17-31)16-22-14-15-32-26(22)36/h5-9,19-20,22-25H,10-16,18H2,1-4H3,(H,32,36)(H,33,37)(H,34,38)(H,35,39)/t19-,22+,23+,24+,25+/m1/s1. The Labute approximate surface area is 242 Å². The number of ether oxygens (including phenoxy) is 2. The van der Waals surface area contributed by atoms with Gasteiger partial charge in [0.1, 0.15) is 24.7 Å². The molecule has 0 bridgehead atoms. The van der Waals surface area contributed by atoms with Gasteiger partial charge in [0.15, 0.2) is 0 Å². The minimum Gasteiger partial charge on any atom is -0.445 e. The fraction of sp³-hybridized carbons (Fsp3) is 0.633. The summed E-state index contributed by atoms with van der Waals surface area (Å²) in [4.78, 5) is 51.6. The van der Waals surface area contributed by atoms with E-state index in [1.54, 1.807) is 6.92 Å². The number of carbonyl (C=O) groups is 4. The first-order chi connectivity index (χ1) is 19.4. The lowest BCUT2D eigenvalue weighted by atomic mass is 9.98. The molecule has 4 N–H and O–H groups in total. The molecule has 1 aliphatic heterocycles. The number of carbonyl (C=O) groups excluding carboxylic acids is 4. The first-order valence-corrected chi connectivity index (χ1v) is 14.4. The molecule has 0 radical (unpaired) electrons. The first-order valence-electron chi connectivity index (χ1n) is 14.4. The monoisotopic (exact) mass is 569 g/mol. The van der Waals surface area contributed by atoms with Gasteiger partial charge in [-0.25, -0.2) is 4.79 Å². The van der Waals surface area contributed by atoms with Crippen LogP contribution in [0.4, 0.5) is 4.79 Å². The van der Waals surface area contributed by atoms with Gasteiger partial charge in [-0.15, -0.1) is 0 Å². The van der Waals surface area contributed by atoms with Gasteiger partial charge in [0.25, 0.3) is 0 Å². The lowest BCUT2D eigenvalue weighted by Crippen LogP contribution is -2.58. The highest BCUT2D eigenvalue weighted by Crippen LogP contribution is 2.34. The van der Waals surface area contributed by atoms with Crippen LogP contribution in [0.15, 0.2) is 30.3 Å². The second-order valence-corrected chi connectivity index (χ2v) is 11.9. The maximum absolute atomic E-state index is 13.6. The molecule has 0 spiro atoms. The SMILES string of the molecule is C[C@@H](OC(C)(C)C)[C@H](NC(=O)OCc1ccccc1)C(=O)N[C@@H](CCC1CC1)C(=O)N[C@H](C#N)C[C@@H]1CCNC1=O. The normalized spacial score (nSPS) is 19.6. The maximum atomic E-state index is 13.6. The fourth-order valence-electron chi connectivity index (χ4n) is 4.82. The Balaban J connectivity index is 1.68. The van der Waals surface area contributed by atoms with Crippen LogP contribution in [0.3, 0.4) is 0 Å². The Bertz CT molecular complexity index is 1090. The summed E-state index contributed by atoms with van der Waals surface area (Å²) < 4.78 is 11.3. The number of benzene rings is 1. The molecular formula is C30H43N5O6. The van der Waals surface area contributed by atoms with Crippen LogP contribution in [0.1, 0.15) is 71.8 Å². The molecule has 1 saturated carbocycles. The summed E-state index contributed by atoms with van der Waals surface area (Å²) in [6.45, 7) is 7.76. The van der Waals surface area contributed by atoms with Crippen molar-refractivity contribution in [2.45, 2.75) is 103 Å². The molecule has 1 aromatic carbocycles. The quantitative estimate of drug-likeness (QED) is 0.268. The van der Waals surface area contributed by atoms with Crippen molar-refractivity contribution in [2.75, 3.05) is 6.54 Å². The molecule has 11 nitrogen and oxygen atoms in total. The molecule has 224 valence electrons. The van der Waals surface area contributed by atoms with Crippen molar-refractivity contribution in [3.8, 4) is 6.07 Å². The molecule has 1 saturated heterocycles. The third-order valence-electron chi connectivity index (χ3n) is 7.13. The van der Waals surface area contributed by atoms with E-state index in [0.717, 1.165) is 24.8 Å². The molecule has 1 aliphatic carbocycles. The zero-order valence-corrected chi connectivity index (χ0v) is 24.4.